The number of benzene rings is 2. The van der Waals surface area contributed by atoms with Crippen molar-refractivity contribution in [3.8, 4) is 0 Å². The minimum Gasteiger partial charge on any atom is -0.427 e. The Kier molecular flexibility index (Phi) is 14.5. The number of aryl methyl sites for hydroxylation is 6. The van der Waals surface area contributed by atoms with Crippen LogP contribution in [0.1, 0.15) is 74.9 Å². The molecule has 2 aromatic rings. The van der Waals surface area contributed by atoms with E-state index in [1.165, 1.54) is 40.2 Å². The summed E-state index contributed by atoms with van der Waals surface area (Å²) >= 11 is 0. The van der Waals surface area contributed by atoms with Gasteiger partial charge in [-0.1, -0.05) is 77.9 Å². The quantitative estimate of drug-likeness (QED) is 0.615. The zero-order chi connectivity index (χ0) is 21.5. The molecule has 0 radical (unpaired) electrons. The van der Waals surface area contributed by atoms with Crippen LogP contribution >= 0.6 is 0 Å². The second-order valence-corrected chi connectivity index (χ2v) is 7.07. The number of hydrogen-bond acceptors (Lipinski definition) is 2. The van der Waals surface area contributed by atoms with E-state index in [-0.39, 0.29) is 0 Å². The van der Waals surface area contributed by atoms with Crippen molar-refractivity contribution in [1.29, 1.82) is 0 Å². The van der Waals surface area contributed by atoms with Crippen LogP contribution in [-0.2, 0) is 38.5 Å². The van der Waals surface area contributed by atoms with Crippen LogP contribution in [0.5, 0.6) is 0 Å². The van der Waals surface area contributed by atoms with Crippen LogP contribution in [-0.4, -0.2) is 17.2 Å². The molecule has 0 unspecified atom stereocenters. The highest BCUT2D eigenvalue weighted by atomic mass is 16.4. The van der Waals surface area contributed by atoms with E-state index in [0.29, 0.717) is 0 Å². The third kappa shape index (κ3) is 11.3. The van der Waals surface area contributed by atoms with Gasteiger partial charge in [0.2, 0.25) is 0 Å². The smallest absolute Gasteiger partial charge is 0.427 e. The number of hydrogen-bond donors (Lipinski definition) is 2. The van der Waals surface area contributed by atoms with Gasteiger partial charge in [-0.2, -0.15) is 0 Å². The van der Waals surface area contributed by atoms with Gasteiger partial charge < -0.3 is 10.0 Å². The summed E-state index contributed by atoms with van der Waals surface area (Å²) in [6.45, 7) is 14.6. The lowest BCUT2D eigenvalue weighted by Gasteiger charge is -2.05. The van der Waals surface area contributed by atoms with Crippen molar-refractivity contribution in [3.05, 3.63) is 69.8 Å². The van der Waals surface area contributed by atoms with Gasteiger partial charge in [-0.3, -0.25) is 0 Å². The summed E-state index contributed by atoms with van der Waals surface area (Å²) in [7, 11) is -1.17. The first-order valence-corrected chi connectivity index (χ1v) is 10.9. The third-order valence-electron chi connectivity index (χ3n) is 4.67. The highest BCUT2D eigenvalue weighted by Gasteiger charge is 1.97. The van der Waals surface area contributed by atoms with E-state index in [1.807, 2.05) is 0 Å². The van der Waals surface area contributed by atoms with Crippen molar-refractivity contribution in [2.45, 2.75) is 86.9 Å². The molecule has 2 N–H and O–H groups in total. The SMILES string of the molecule is CB(O)O.CCc1cc(CC)cc(CC)c1.CCc1cc(CC)cc(CC)c1. The molecule has 156 valence electrons. The van der Waals surface area contributed by atoms with E-state index >= 15 is 0 Å². The van der Waals surface area contributed by atoms with Gasteiger partial charge in [0.1, 0.15) is 0 Å². The average Bonchev–Trinajstić information content (AvgIpc) is 2.72. The van der Waals surface area contributed by atoms with E-state index in [0.717, 1.165) is 38.5 Å². The molecule has 3 heteroatoms. The third-order valence-corrected chi connectivity index (χ3v) is 4.67. The summed E-state index contributed by atoms with van der Waals surface area (Å²) in [4.78, 5) is 0. The van der Waals surface area contributed by atoms with E-state index in [1.54, 1.807) is 0 Å². The first-order chi connectivity index (χ1) is 13.3. The minimum absolute atomic E-state index is 1.15. The summed E-state index contributed by atoms with van der Waals surface area (Å²) in [5.74, 6) is 0. The summed E-state index contributed by atoms with van der Waals surface area (Å²) in [5.41, 5.74) is 8.87. The van der Waals surface area contributed by atoms with Gasteiger partial charge in [-0.25, -0.2) is 0 Å². The van der Waals surface area contributed by atoms with Crippen LogP contribution in [0.4, 0.5) is 0 Å². The highest BCUT2D eigenvalue weighted by Crippen LogP contribution is 2.13. The fourth-order valence-corrected chi connectivity index (χ4v) is 2.90. The molecule has 0 saturated carbocycles. The highest BCUT2D eigenvalue weighted by molar-refractivity contribution is 6.38. The topological polar surface area (TPSA) is 40.5 Å². The zero-order valence-electron chi connectivity index (χ0n) is 19.2. The van der Waals surface area contributed by atoms with Gasteiger partial charge in [0.25, 0.3) is 0 Å². The maximum atomic E-state index is 7.61. The van der Waals surface area contributed by atoms with E-state index in [4.69, 9.17) is 10.0 Å². The van der Waals surface area contributed by atoms with Crippen molar-refractivity contribution < 1.29 is 10.0 Å². The lowest BCUT2D eigenvalue weighted by molar-refractivity contribution is 0.417. The van der Waals surface area contributed by atoms with Gasteiger partial charge >= 0.3 is 7.12 Å². The Morgan fingerprint density at radius 1 is 0.464 bits per heavy atom. The molecule has 0 heterocycles. The molecule has 0 aliphatic heterocycles. The standard InChI is InChI=1S/2C12H18.CH5BO2/c2*1-4-10-7-11(5-2)9-12(6-3)8-10;1-2(3)4/h2*7-9H,4-6H2,1-3H3;3-4H,1H3. The Morgan fingerprint density at radius 2 is 0.571 bits per heavy atom. The van der Waals surface area contributed by atoms with Gasteiger partial charge in [-0.05, 0) is 78.7 Å². The van der Waals surface area contributed by atoms with E-state index in [2.05, 4.69) is 77.9 Å². The molecular weight excluding hydrogens is 343 g/mol. The Morgan fingerprint density at radius 3 is 0.643 bits per heavy atom. The molecule has 0 atom stereocenters. The molecule has 0 aromatic heterocycles. The van der Waals surface area contributed by atoms with E-state index in [9.17, 15) is 0 Å². The molecule has 0 aliphatic carbocycles. The molecule has 2 aromatic carbocycles. The predicted octanol–water partition coefficient (Wildman–Crippen LogP) is 5.84. The van der Waals surface area contributed by atoms with Gasteiger partial charge in [0.15, 0.2) is 0 Å². The monoisotopic (exact) mass is 384 g/mol. The maximum absolute atomic E-state index is 7.61. The molecule has 0 saturated heterocycles. The lowest BCUT2D eigenvalue weighted by Crippen LogP contribution is -2.00. The first kappa shape index (κ1) is 26.4. The first-order valence-electron chi connectivity index (χ1n) is 10.9. The summed E-state index contributed by atoms with van der Waals surface area (Å²) in [5, 5.41) is 15.2. The molecule has 0 amide bonds. The average molecular weight is 384 g/mol. The van der Waals surface area contributed by atoms with Crippen LogP contribution in [0.2, 0.25) is 6.82 Å². The number of rotatable bonds is 6. The fourth-order valence-electron chi connectivity index (χ4n) is 2.90. The molecule has 0 aliphatic rings. The maximum Gasteiger partial charge on any atom is 0.448 e. The lowest BCUT2D eigenvalue weighted by atomic mass is 9.99. The molecule has 0 bridgehead atoms. The largest absolute Gasteiger partial charge is 0.448 e. The van der Waals surface area contributed by atoms with Crippen molar-refractivity contribution in [3.63, 3.8) is 0 Å². The fraction of sp³-hybridized carbons (Fsp3) is 0.520. The Balaban J connectivity index is 0.000000439. The summed E-state index contributed by atoms with van der Waals surface area (Å²) in [6.07, 6.45) is 6.92. The van der Waals surface area contributed by atoms with Crippen LogP contribution < -0.4 is 0 Å². The Bertz CT molecular complexity index is 497. The second-order valence-electron chi connectivity index (χ2n) is 7.07. The molecule has 2 nitrogen and oxygen atoms in total. The van der Waals surface area contributed by atoms with Crippen LogP contribution in [0.25, 0.3) is 0 Å². The summed E-state index contributed by atoms with van der Waals surface area (Å²) < 4.78 is 0. The molecule has 28 heavy (non-hydrogen) atoms. The van der Waals surface area contributed by atoms with Crippen LogP contribution in [0, 0.1) is 0 Å². The molecule has 2 rings (SSSR count). The minimum atomic E-state index is -1.17. The van der Waals surface area contributed by atoms with Crippen LogP contribution in [0.3, 0.4) is 0 Å². The normalized spacial score (nSPS) is 9.75. The van der Waals surface area contributed by atoms with E-state index < -0.39 is 7.12 Å². The van der Waals surface area contributed by atoms with Gasteiger partial charge in [0.05, 0.1) is 0 Å². The van der Waals surface area contributed by atoms with Crippen LogP contribution in [0.15, 0.2) is 36.4 Å². The molecular formula is C25H41BO2. The van der Waals surface area contributed by atoms with Crippen molar-refractivity contribution in [2.24, 2.45) is 0 Å². The van der Waals surface area contributed by atoms with Gasteiger partial charge in [-0.15, -0.1) is 0 Å². The van der Waals surface area contributed by atoms with Crippen molar-refractivity contribution in [1.82, 2.24) is 0 Å². The molecule has 0 spiro atoms. The Hall–Kier alpha value is -1.58. The van der Waals surface area contributed by atoms with Crippen molar-refractivity contribution in [2.75, 3.05) is 0 Å². The second kappa shape index (κ2) is 15.4. The summed E-state index contributed by atoms with van der Waals surface area (Å²) in [6, 6.07) is 13.9. The predicted molar refractivity (Wildman–Crippen MR) is 125 cm³/mol. The molecule has 0 fully saturated rings. The van der Waals surface area contributed by atoms with Gasteiger partial charge in [0, 0.05) is 0 Å². The zero-order valence-corrected chi connectivity index (χ0v) is 19.2. The Labute approximate surface area is 174 Å². The van der Waals surface area contributed by atoms with Crippen molar-refractivity contribution >= 4 is 7.12 Å².